The lowest BCUT2D eigenvalue weighted by Crippen LogP contribution is -2.34. The molecule has 2 aromatic carbocycles. The summed E-state index contributed by atoms with van der Waals surface area (Å²) in [6.07, 6.45) is -0.220. The average molecular weight is 412 g/mol. The van der Waals surface area contributed by atoms with Crippen molar-refractivity contribution in [3.63, 3.8) is 0 Å². The number of esters is 1. The second kappa shape index (κ2) is 10.1. The molecule has 0 aliphatic heterocycles. The number of carbonyl (C=O) groups excluding carboxylic acids is 3. The quantitative estimate of drug-likeness (QED) is 0.313. The second-order valence-corrected chi connectivity index (χ2v) is 6.70. The molecule has 5 N–H and O–H groups in total. The predicted molar refractivity (Wildman–Crippen MR) is 112 cm³/mol. The number of nitrogens with two attached hydrogens (primary N) is 1. The van der Waals surface area contributed by atoms with Crippen LogP contribution in [-0.4, -0.2) is 36.5 Å². The Hall–Kier alpha value is -3.88. The van der Waals surface area contributed by atoms with E-state index in [1.165, 1.54) is 24.3 Å². The van der Waals surface area contributed by atoms with Gasteiger partial charge in [-0.05, 0) is 56.7 Å². The highest BCUT2D eigenvalue weighted by Gasteiger charge is 2.13. The monoisotopic (exact) mass is 412 g/mol. The fraction of sp³-hybridized carbons (Fsp3) is 0.238. The van der Waals surface area contributed by atoms with E-state index in [0.717, 1.165) is 0 Å². The summed E-state index contributed by atoms with van der Waals surface area (Å²) in [4.78, 5) is 35.8. The zero-order chi connectivity index (χ0) is 22.3. The first kappa shape index (κ1) is 22.4. The van der Waals surface area contributed by atoms with Gasteiger partial charge in [0.25, 0.3) is 5.91 Å². The standard InChI is InChI=1S/C21H24N4O5/c1-12(2)30-18(26)11-29-16-8-9-17(13(3)10-16)24-21(28)25-20(27)15-6-4-14(5-7-15)19(22)23/h4-10,12H,11H2,1-3H3,(H3,22,23)(H2,24,25,27,28). The SMILES string of the molecule is Cc1cc(OCC(=O)OC(C)C)ccc1NC(=O)NC(=O)c1ccc(C(=N)N)cc1. The number of anilines is 1. The molecule has 3 amide bonds. The van der Waals surface area contributed by atoms with Crippen LogP contribution in [0.1, 0.15) is 35.3 Å². The Labute approximate surface area is 174 Å². The number of amidine groups is 1. The van der Waals surface area contributed by atoms with E-state index < -0.39 is 17.9 Å². The summed E-state index contributed by atoms with van der Waals surface area (Å²) in [5.74, 6) is -0.733. The highest BCUT2D eigenvalue weighted by Crippen LogP contribution is 2.21. The summed E-state index contributed by atoms with van der Waals surface area (Å²) in [5.41, 5.74) is 7.26. The summed E-state index contributed by atoms with van der Waals surface area (Å²) in [6.45, 7) is 5.03. The van der Waals surface area contributed by atoms with Crippen LogP contribution in [-0.2, 0) is 9.53 Å². The fourth-order valence-electron chi connectivity index (χ4n) is 2.44. The molecule has 2 aromatic rings. The Balaban J connectivity index is 1.92. The molecule has 0 fully saturated rings. The zero-order valence-corrected chi connectivity index (χ0v) is 16.9. The average Bonchev–Trinajstić information content (AvgIpc) is 2.67. The molecule has 9 nitrogen and oxygen atoms in total. The largest absolute Gasteiger partial charge is 0.482 e. The third-order valence-corrected chi connectivity index (χ3v) is 3.86. The van der Waals surface area contributed by atoms with Crippen LogP contribution in [0.2, 0.25) is 0 Å². The van der Waals surface area contributed by atoms with Crippen LogP contribution in [0.4, 0.5) is 10.5 Å². The number of nitrogens with one attached hydrogen (secondary N) is 3. The molecular weight excluding hydrogens is 388 g/mol. The van der Waals surface area contributed by atoms with E-state index in [4.69, 9.17) is 20.6 Å². The first-order chi connectivity index (χ1) is 14.2. The molecule has 30 heavy (non-hydrogen) atoms. The molecule has 0 saturated heterocycles. The number of nitrogen functional groups attached to an aromatic ring is 1. The second-order valence-electron chi connectivity index (χ2n) is 6.70. The molecule has 158 valence electrons. The van der Waals surface area contributed by atoms with E-state index >= 15 is 0 Å². The Bertz CT molecular complexity index is 954. The van der Waals surface area contributed by atoms with Crippen LogP contribution in [0.15, 0.2) is 42.5 Å². The molecule has 0 saturated carbocycles. The van der Waals surface area contributed by atoms with Crippen molar-refractivity contribution in [2.45, 2.75) is 26.9 Å². The van der Waals surface area contributed by atoms with Crippen molar-refractivity contribution < 1.29 is 23.9 Å². The van der Waals surface area contributed by atoms with Gasteiger partial charge in [-0.15, -0.1) is 0 Å². The van der Waals surface area contributed by atoms with Crippen molar-refractivity contribution in [3.05, 3.63) is 59.2 Å². The number of imide groups is 1. The van der Waals surface area contributed by atoms with E-state index in [2.05, 4.69) is 10.6 Å². The third kappa shape index (κ3) is 6.62. The van der Waals surface area contributed by atoms with Crippen LogP contribution < -0.4 is 21.1 Å². The first-order valence-electron chi connectivity index (χ1n) is 9.15. The summed E-state index contributed by atoms with van der Waals surface area (Å²) in [6, 6.07) is 10.1. The summed E-state index contributed by atoms with van der Waals surface area (Å²) < 4.78 is 10.4. The highest BCUT2D eigenvalue weighted by atomic mass is 16.6. The Morgan fingerprint density at radius 2 is 1.70 bits per heavy atom. The van der Waals surface area contributed by atoms with Gasteiger partial charge in [-0.1, -0.05) is 12.1 Å². The van der Waals surface area contributed by atoms with Crippen LogP contribution in [0.3, 0.4) is 0 Å². The maximum Gasteiger partial charge on any atom is 0.344 e. The number of rotatable bonds is 7. The minimum absolute atomic E-state index is 0.112. The Kier molecular flexibility index (Phi) is 7.51. The van der Waals surface area contributed by atoms with Gasteiger partial charge in [0.15, 0.2) is 6.61 Å². The molecule has 0 heterocycles. The molecule has 2 rings (SSSR count). The van der Waals surface area contributed by atoms with Gasteiger partial charge in [-0.2, -0.15) is 0 Å². The predicted octanol–water partition coefficient (Wildman–Crippen LogP) is 2.57. The van der Waals surface area contributed by atoms with E-state index in [1.807, 2.05) is 0 Å². The van der Waals surface area contributed by atoms with Crippen LogP contribution in [0, 0.1) is 12.3 Å². The lowest BCUT2D eigenvalue weighted by atomic mass is 10.1. The van der Waals surface area contributed by atoms with Gasteiger partial charge >= 0.3 is 12.0 Å². The van der Waals surface area contributed by atoms with Gasteiger partial charge in [-0.3, -0.25) is 15.5 Å². The van der Waals surface area contributed by atoms with Crippen molar-refractivity contribution in [1.29, 1.82) is 5.41 Å². The number of hydrogen-bond donors (Lipinski definition) is 4. The Morgan fingerprint density at radius 3 is 2.27 bits per heavy atom. The fourth-order valence-corrected chi connectivity index (χ4v) is 2.44. The molecule has 0 aromatic heterocycles. The molecule has 9 heteroatoms. The molecule has 0 spiro atoms. The molecule has 0 radical (unpaired) electrons. The van der Waals surface area contributed by atoms with Crippen molar-refractivity contribution >= 4 is 29.4 Å². The number of amides is 3. The van der Waals surface area contributed by atoms with Crippen LogP contribution in [0.5, 0.6) is 5.75 Å². The van der Waals surface area contributed by atoms with E-state index in [0.29, 0.717) is 22.6 Å². The maximum absolute atomic E-state index is 12.2. The number of hydrogen-bond acceptors (Lipinski definition) is 6. The molecular formula is C21H24N4O5. The van der Waals surface area contributed by atoms with Crippen LogP contribution in [0.25, 0.3) is 0 Å². The Morgan fingerprint density at radius 1 is 1.07 bits per heavy atom. The minimum Gasteiger partial charge on any atom is -0.482 e. The summed E-state index contributed by atoms with van der Waals surface area (Å²) in [5, 5.41) is 12.2. The summed E-state index contributed by atoms with van der Waals surface area (Å²) >= 11 is 0. The zero-order valence-electron chi connectivity index (χ0n) is 16.9. The molecule has 0 aliphatic rings. The number of aryl methyl sites for hydroxylation is 1. The van der Waals surface area contributed by atoms with Gasteiger partial charge in [0.05, 0.1) is 6.10 Å². The number of ether oxygens (including phenoxy) is 2. The van der Waals surface area contributed by atoms with E-state index in [9.17, 15) is 14.4 Å². The third-order valence-electron chi connectivity index (χ3n) is 3.86. The van der Waals surface area contributed by atoms with Gasteiger partial charge in [0, 0.05) is 16.8 Å². The maximum atomic E-state index is 12.2. The van der Waals surface area contributed by atoms with Gasteiger partial charge < -0.3 is 20.5 Å². The number of carbonyl (C=O) groups is 3. The first-order valence-corrected chi connectivity index (χ1v) is 9.15. The molecule has 0 bridgehead atoms. The smallest absolute Gasteiger partial charge is 0.344 e. The van der Waals surface area contributed by atoms with Crippen molar-refractivity contribution in [3.8, 4) is 5.75 Å². The minimum atomic E-state index is -0.701. The van der Waals surface area contributed by atoms with E-state index in [-0.39, 0.29) is 24.1 Å². The lowest BCUT2D eigenvalue weighted by molar-refractivity contribution is -0.149. The van der Waals surface area contributed by atoms with Crippen molar-refractivity contribution in [2.75, 3.05) is 11.9 Å². The van der Waals surface area contributed by atoms with Gasteiger partial charge in [0.2, 0.25) is 0 Å². The van der Waals surface area contributed by atoms with E-state index in [1.54, 1.807) is 39.0 Å². The lowest BCUT2D eigenvalue weighted by Gasteiger charge is -2.12. The molecule has 0 atom stereocenters. The number of urea groups is 1. The topological polar surface area (TPSA) is 144 Å². The highest BCUT2D eigenvalue weighted by molar-refractivity contribution is 6.08. The van der Waals surface area contributed by atoms with Crippen molar-refractivity contribution in [2.24, 2.45) is 5.73 Å². The summed E-state index contributed by atoms with van der Waals surface area (Å²) in [7, 11) is 0. The van der Waals surface area contributed by atoms with Crippen molar-refractivity contribution in [1.82, 2.24) is 5.32 Å². The van der Waals surface area contributed by atoms with Gasteiger partial charge in [-0.25, -0.2) is 9.59 Å². The van der Waals surface area contributed by atoms with Gasteiger partial charge in [0.1, 0.15) is 11.6 Å². The number of benzene rings is 2. The molecule has 0 aliphatic carbocycles. The molecule has 0 unspecified atom stereocenters. The van der Waals surface area contributed by atoms with Crippen LogP contribution >= 0.6 is 0 Å². The normalized spacial score (nSPS) is 10.3.